The molecular formula is C35H35F3N6O3. The van der Waals surface area contributed by atoms with E-state index in [0.717, 1.165) is 32.2 Å². The Morgan fingerprint density at radius 1 is 1.09 bits per heavy atom. The SMILES string of the molecule is C#Cc1c(F)ccc2cc(O)cc(-c3nc(OCC)c4c(N5C[C@H]6CC[C@@H](C5)N6)nc(OC[C@@]56CCCN5C[C@H](F)C6)nc4c3F)c12. The topological polar surface area (TPSA) is 95.9 Å². The largest absolute Gasteiger partial charge is 0.508 e. The first-order valence-corrected chi connectivity index (χ1v) is 16.3. The molecule has 4 saturated heterocycles. The Hall–Kier alpha value is -4.34. The molecule has 6 heterocycles. The Kier molecular flexibility index (Phi) is 7.29. The number of halogens is 3. The molecule has 0 saturated carbocycles. The molecule has 12 heteroatoms. The zero-order valence-electron chi connectivity index (χ0n) is 26.0. The van der Waals surface area contributed by atoms with Crippen LogP contribution in [0.15, 0.2) is 24.3 Å². The number of anilines is 1. The molecule has 0 spiro atoms. The van der Waals surface area contributed by atoms with Crippen LogP contribution in [-0.2, 0) is 0 Å². The van der Waals surface area contributed by atoms with E-state index in [1.54, 1.807) is 6.92 Å². The summed E-state index contributed by atoms with van der Waals surface area (Å²) in [6, 6.07) is 5.89. The summed E-state index contributed by atoms with van der Waals surface area (Å²) < 4.78 is 58.9. The lowest BCUT2D eigenvalue weighted by Crippen LogP contribution is -2.51. The van der Waals surface area contributed by atoms with E-state index in [1.807, 2.05) is 0 Å². The Labute approximate surface area is 270 Å². The Balaban J connectivity index is 1.33. The molecule has 4 atom stereocenters. The second-order valence-electron chi connectivity index (χ2n) is 13.1. The third-order valence-corrected chi connectivity index (χ3v) is 10.2. The normalized spacial score (nSPS) is 25.4. The number of rotatable bonds is 7. The number of benzene rings is 2. The number of nitrogens with zero attached hydrogens (tertiary/aromatic N) is 5. The van der Waals surface area contributed by atoms with Crippen molar-refractivity contribution in [2.24, 2.45) is 0 Å². The number of ether oxygens (including phenoxy) is 2. The summed E-state index contributed by atoms with van der Waals surface area (Å²) in [6.07, 6.45) is 8.93. The van der Waals surface area contributed by atoms with E-state index >= 15 is 4.39 Å². The summed E-state index contributed by atoms with van der Waals surface area (Å²) in [4.78, 5) is 18.3. The number of hydrogen-bond acceptors (Lipinski definition) is 9. The number of aromatic hydroxyl groups is 1. The quantitative estimate of drug-likeness (QED) is 0.267. The van der Waals surface area contributed by atoms with Crippen LogP contribution in [-0.4, -0.2) is 88.1 Å². The maximum atomic E-state index is 17.1. The highest BCUT2D eigenvalue weighted by Gasteiger charge is 2.49. The van der Waals surface area contributed by atoms with Crippen LogP contribution >= 0.6 is 0 Å². The minimum atomic E-state index is -0.932. The minimum Gasteiger partial charge on any atom is -0.508 e. The first kappa shape index (κ1) is 30.0. The lowest BCUT2D eigenvalue weighted by molar-refractivity contribution is 0.107. The molecule has 2 aromatic carbocycles. The zero-order chi connectivity index (χ0) is 32.4. The van der Waals surface area contributed by atoms with Gasteiger partial charge in [0.15, 0.2) is 5.82 Å². The van der Waals surface area contributed by atoms with E-state index in [0.29, 0.717) is 42.6 Å². The second kappa shape index (κ2) is 11.4. The molecule has 4 aliphatic rings. The second-order valence-corrected chi connectivity index (χ2v) is 13.1. The molecule has 4 aliphatic heterocycles. The molecule has 2 bridgehead atoms. The highest BCUT2D eigenvalue weighted by molar-refractivity contribution is 6.04. The van der Waals surface area contributed by atoms with Crippen LogP contribution in [0.2, 0.25) is 0 Å². The molecule has 4 aromatic rings. The van der Waals surface area contributed by atoms with Crippen molar-refractivity contribution in [3.8, 4) is 41.2 Å². The van der Waals surface area contributed by atoms with Crippen LogP contribution in [0.5, 0.6) is 17.6 Å². The molecule has 47 heavy (non-hydrogen) atoms. The lowest BCUT2D eigenvalue weighted by atomic mass is 9.95. The number of pyridine rings is 1. The average molecular weight is 645 g/mol. The zero-order valence-corrected chi connectivity index (χ0v) is 26.0. The van der Waals surface area contributed by atoms with Crippen LogP contribution in [0, 0.1) is 24.0 Å². The van der Waals surface area contributed by atoms with Crippen molar-refractivity contribution >= 4 is 27.5 Å². The predicted octanol–water partition coefficient (Wildman–Crippen LogP) is 5.10. The lowest BCUT2D eigenvalue weighted by Gasteiger charge is -2.35. The highest BCUT2D eigenvalue weighted by Crippen LogP contribution is 2.44. The first-order chi connectivity index (χ1) is 22.8. The molecule has 0 radical (unpaired) electrons. The Bertz CT molecular complexity index is 1940. The van der Waals surface area contributed by atoms with Crippen molar-refractivity contribution in [1.29, 1.82) is 0 Å². The summed E-state index contributed by atoms with van der Waals surface area (Å²) in [7, 11) is 0. The number of nitrogens with one attached hydrogen (secondary N) is 1. The molecule has 0 aliphatic carbocycles. The van der Waals surface area contributed by atoms with Gasteiger partial charge in [-0.2, -0.15) is 9.97 Å². The van der Waals surface area contributed by atoms with Gasteiger partial charge in [0.1, 0.15) is 46.8 Å². The van der Waals surface area contributed by atoms with Crippen LogP contribution in [0.3, 0.4) is 0 Å². The number of terminal acetylenes is 1. The van der Waals surface area contributed by atoms with Gasteiger partial charge in [0, 0.05) is 49.1 Å². The molecule has 0 amide bonds. The van der Waals surface area contributed by atoms with Crippen LogP contribution in [0.25, 0.3) is 32.9 Å². The van der Waals surface area contributed by atoms with Crippen molar-refractivity contribution < 1.29 is 27.8 Å². The first-order valence-electron chi connectivity index (χ1n) is 16.3. The Morgan fingerprint density at radius 2 is 1.89 bits per heavy atom. The summed E-state index contributed by atoms with van der Waals surface area (Å²) in [5.74, 6) is 1.26. The maximum absolute atomic E-state index is 17.1. The average Bonchev–Trinajstić information content (AvgIpc) is 3.71. The standard InChI is InChI=1S/C35H35F3N6O3/c1-3-24-26(37)9-6-19-12-23(45)13-25(27(19)24)30-29(38)31-28(33(40-30)46-4-2)32(43-16-21-7-8-22(17-43)39-21)42-34(41-31)47-18-35-10-5-11-44(35)15-20(36)14-35/h1,6,9,12-13,20-22,39,45H,4-5,7-8,10-11,14-18H2,2H3/t20-,21-,22+,35+/m1/s1. The van der Waals surface area contributed by atoms with Crippen molar-refractivity contribution in [3.05, 3.63) is 41.5 Å². The van der Waals surface area contributed by atoms with E-state index in [4.69, 9.17) is 20.9 Å². The van der Waals surface area contributed by atoms with Gasteiger partial charge in [0.25, 0.3) is 0 Å². The number of hydrogen-bond donors (Lipinski definition) is 2. The number of piperazine rings is 1. The fraction of sp³-hybridized carbons (Fsp3) is 0.457. The summed E-state index contributed by atoms with van der Waals surface area (Å²) in [6.45, 7) is 4.63. The van der Waals surface area contributed by atoms with Gasteiger partial charge in [-0.3, -0.25) is 4.90 Å². The van der Waals surface area contributed by atoms with Gasteiger partial charge in [0.2, 0.25) is 5.88 Å². The number of alkyl halides is 1. The smallest absolute Gasteiger partial charge is 0.319 e. The van der Waals surface area contributed by atoms with E-state index in [-0.39, 0.29) is 70.7 Å². The fourth-order valence-corrected chi connectivity index (χ4v) is 8.19. The van der Waals surface area contributed by atoms with Crippen LogP contribution in [0.4, 0.5) is 19.0 Å². The summed E-state index contributed by atoms with van der Waals surface area (Å²) >= 11 is 0. The number of aromatic nitrogens is 3. The summed E-state index contributed by atoms with van der Waals surface area (Å²) in [5.41, 5.74) is -0.744. The highest BCUT2D eigenvalue weighted by atomic mass is 19.1. The maximum Gasteiger partial charge on any atom is 0.319 e. The van der Waals surface area contributed by atoms with Crippen molar-refractivity contribution in [3.63, 3.8) is 0 Å². The molecule has 9 nitrogen and oxygen atoms in total. The Morgan fingerprint density at radius 3 is 2.66 bits per heavy atom. The third kappa shape index (κ3) is 4.98. The van der Waals surface area contributed by atoms with Gasteiger partial charge in [-0.25, -0.2) is 18.2 Å². The molecule has 0 unspecified atom stereocenters. The van der Waals surface area contributed by atoms with E-state index < -0.39 is 23.3 Å². The van der Waals surface area contributed by atoms with Gasteiger partial charge < -0.3 is 24.8 Å². The minimum absolute atomic E-state index is 0.0310. The fourth-order valence-electron chi connectivity index (χ4n) is 8.19. The van der Waals surface area contributed by atoms with Crippen LogP contribution < -0.4 is 19.7 Å². The van der Waals surface area contributed by atoms with Crippen LogP contribution in [0.1, 0.15) is 44.6 Å². The molecule has 4 fully saturated rings. The van der Waals surface area contributed by atoms with Gasteiger partial charge in [0.05, 0.1) is 17.7 Å². The van der Waals surface area contributed by atoms with Gasteiger partial charge in [-0.05, 0) is 62.7 Å². The monoisotopic (exact) mass is 644 g/mol. The van der Waals surface area contributed by atoms with Gasteiger partial charge in [-0.15, -0.1) is 6.42 Å². The van der Waals surface area contributed by atoms with Crippen molar-refractivity contribution in [1.82, 2.24) is 25.2 Å². The van der Waals surface area contributed by atoms with E-state index in [9.17, 15) is 13.9 Å². The predicted molar refractivity (Wildman–Crippen MR) is 172 cm³/mol. The van der Waals surface area contributed by atoms with Crippen molar-refractivity contribution in [2.45, 2.75) is 62.8 Å². The van der Waals surface area contributed by atoms with E-state index in [2.05, 4.69) is 31.0 Å². The molecule has 2 N–H and O–H groups in total. The van der Waals surface area contributed by atoms with Gasteiger partial charge in [-0.1, -0.05) is 12.0 Å². The van der Waals surface area contributed by atoms with Crippen molar-refractivity contribution in [2.75, 3.05) is 44.3 Å². The number of phenolic OH excluding ortho intramolecular Hbond substituents is 1. The third-order valence-electron chi connectivity index (χ3n) is 10.2. The molecule has 2 aromatic heterocycles. The molecule has 8 rings (SSSR count). The molecule has 244 valence electrons. The number of fused-ring (bicyclic) bond motifs is 5. The summed E-state index contributed by atoms with van der Waals surface area (Å²) in [5, 5.41) is 15.2. The number of phenols is 1. The van der Waals surface area contributed by atoms with E-state index in [1.165, 1.54) is 24.3 Å². The molecular weight excluding hydrogens is 609 g/mol. The van der Waals surface area contributed by atoms with Gasteiger partial charge >= 0.3 is 6.01 Å².